The molecule has 2 aliphatic heterocycles. The highest BCUT2D eigenvalue weighted by atomic mass is 16.5. The maximum Gasteiger partial charge on any atom is 0.119 e. The van der Waals surface area contributed by atoms with Crippen molar-refractivity contribution in [1.82, 2.24) is 10.2 Å². The molecular weight excluding hydrogens is 264 g/mol. The van der Waals surface area contributed by atoms with E-state index < -0.39 is 0 Å². The van der Waals surface area contributed by atoms with E-state index in [1.165, 1.54) is 18.4 Å². The monoisotopic (exact) mass is 290 g/mol. The topological polar surface area (TPSA) is 44.7 Å². The van der Waals surface area contributed by atoms with Crippen LogP contribution in [-0.2, 0) is 0 Å². The van der Waals surface area contributed by atoms with Crippen molar-refractivity contribution in [3.63, 3.8) is 0 Å². The molecule has 21 heavy (non-hydrogen) atoms. The minimum Gasteiger partial charge on any atom is -0.497 e. The molecule has 2 N–H and O–H groups in total. The Hall–Kier alpha value is -1.10. The van der Waals surface area contributed by atoms with Crippen LogP contribution in [0.5, 0.6) is 5.75 Å². The van der Waals surface area contributed by atoms with Crippen molar-refractivity contribution in [2.24, 2.45) is 5.92 Å². The minimum atomic E-state index is -0.206. The van der Waals surface area contributed by atoms with Crippen molar-refractivity contribution in [2.75, 3.05) is 33.3 Å². The van der Waals surface area contributed by atoms with Gasteiger partial charge in [-0.05, 0) is 56.0 Å². The van der Waals surface area contributed by atoms with Gasteiger partial charge in [-0.25, -0.2) is 0 Å². The van der Waals surface area contributed by atoms with Gasteiger partial charge in [-0.3, -0.25) is 4.90 Å². The molecule has 4 nitrogen and oxygen atoms in total. The first kappa shape index (κ1) is 14.8. The van der Waals surface area contributed by atoms with Gasteiger partial charge >= 0.3 is 0 Å². The molecule has 2 fully saturated rings. The highest BCUT2D eigenvalue weighted by Crippen LogP contribution is 2.34. The normalized spacial score (nSPS) is 27.9. The van der Waals surface area contributed by atoms with Gasteiger partial charge in [0.2, 0.25) is 0 Å². The number of ether oxygens (including phenoxy) is 1. The summed E-state index contributed by atoms with van der Waals surface area (Å²) >= 11 is 0. The van der Waals surface area contributed by atoms with Crippen molar-refractivity contribution >= 4 is 0 Å². The predicted octanol–water partition coefficient (Wildman–Crippen LogP) is 1.80. The molecule has 0 radical (unpaired) electrons. The number of aliphatic hydroxyl groups is 1. The zero-order chi connectivity index (χ0) is 14.7. The van der Waals surface area contributed by atoms with Gasteiger partial charge in [0.15, 0.2) is 0 Å². The van der Waals surface area contributed by atoms with Gasteiger partial charge in [0.05, 0.1) is 13.2 Å². The van der Waals surface area contributed by atoms with Gasteiger partial charge in [0.25, 0.3) is 0 Å². The van der Waals surface area contributed by atoms with E-state index in [0.29, 0.717) is 6.04 Å². The number of aliphatic hydroxyl groups excluding tert-OH is 1. The Balaban J connectivity index is 1.71. The second-order valence-electron chi connectivity index (χ2n) is 6.33. The predicted molar refractivity (Wildman–Crippen MR) is 83.5 cm³/mol. The van der Waals surface area contributed by atoms with E-state index in [1.54, 1.807) is 7.11 Å². The summed E-state index contributed by atoms with van der Waals surface area (Å²) in [5.41, 5.74) is 1.26. The van der Waals surface area contributed by atoms with E-state index in [2.05, 4.69) is 22.3 Å². The molecule has 1 aromatic carbocycles. The molecule has 116 valence electrons. The number of methoxy groups -OCH3 is 1. The van der Waals surface area contributed by atoms with Gasteiger partial charge in [-0.15, -0.1) is 0 Å². The third-order valence-corrected chi connectivity index (χ3v) is 4.81. The van der Waals surface area contributed by atoms with Crippen LogP contribution in [0.2, 0.25) is 0 Å². The van der Waals surface area contributed by atoms with Crippen molar-refractivity contribution in [3.05, 3.63) is 29.8 Å². The summed E-state index contributed by atoms with van der Waals surface area (Å²) < 4.78 is 5.34. The van der Waals surface area contributed by atoms with Crippen LogP contribution in [0.3, 0.4) is 0 Å². The Kier molecular flexibility index (Phi) is 4.78. The minimum absolute atomic E-state index is 0.206. The number of rotatable bonds is 4. The van der Waals surface area contributed by atoms with Crippen LogP contribution < -0.4 is 10.1 Å². The standard InChI is InChI=1S/C17H26N2O2/c1-21-16-4-2-3-14(9-16)17-10-15(20)12-19(17)11-13-5-7-18-8-6-13/h2-4,9,13,15,17-18,20H,5-8,10-12H2,1H3. The largest absolute Gasteiger partial charge is 0.497 e. The molecule has 2 unspecified atom stereocenters. The molecule has 1 aromatic rings. The van der Waals surface area contributed by atoms with E-state index in [4.69, 9.17) is 4.74 Å². The summed E-state index contributed by atoms with van der Waals surface area (Å²) in [6.45, 7) is 4.15. The fourth-order valence-corrected chi connectivity index (χ4v) is 3.67. The lowest BCUT2D eigenvalue weighted by atomic mass is 9.96. The van der Waals surface area contributed by atoms with E-state index in [9.17, 15) is 5.11 Å². The molecule has 0 bridgehead atoms. The van der Waals surface area contributed by atoms with Crippen molar-refractivity contribution in [3.8, 4) is 5.75 Å². The zero-order valence-corrected chi connectivity index (χ0v) is 12.8. The van der Waals surface area contributed by atoms with Crippen LogP contribution >= 0.6 is 0 Å². The highest BCUT2D eigenvalue weighted by Gasteiger charge is 2.33. The molecule has 0 spiro atoms. The number of hydrogen-bond donors (Lipinski definition) is 2. The average Bonchev–Trinajstić information content (AvgIpc) is 2.89. The molecular formula is C17H26N2O2. The van der Waals surface area contributed by atoms with E-state index in [-0.39, 0.29) is 6.10 Å². The molecule has 2 atom stereocenters. The van der Waals surface area contributed by atoms with Gasteiger partial charge < -0.3 is 15.2 Å². The Morgan fingerprint density at radius 2 is 2.14 bits per heavy atom. The second kappa shape index (κ2) is 6.77. The number of likely N-dealkylation sites (tertiary alicyclic amines) is 1. The van der Waals surface area contributed by atoms with Crippen molar-refractivity contribution in [2.45, 2.75) is 31.4 Å². The first-order valence-electron chi connectivity index (χ1n) is 8.03. The summed E-state index contributed by atoms with van der Waals surface area (Å²) in [4.78, 5) is 2.47. The third-order valence-electron chi connectivity index (χ3n) is 4.81. The number of nitrogens with zero attached hydrogens (tertiary/aromatic N) is 1. The van der Waals surface area contributed by atoms with Crippen molar-refractivity contribution < 1.29 is 9.84 Å². The molecule has 0 saturated carbocycles. The summed E-state index contributed by atoms with van der Waals surface area (Å²) in [6, 6.07) is 8.61. The molecule has 0 amide bonds. The van der Waals surface area contributed by atoms with Crippen LogP contribution in [0.25, 0.3) is 0 Å². The lowest BCUT2D eigenvalue weighted by Crippen LogP contribution is -2.36. The molecule has 0 aliphatic carbocycles. The quantitative estimate of drug-likeness (QED) is 0.887. The van der Waals surface area contributed by atoms with Gasteiger partial charge in [-0.1, -0.05) is 12.1 Å². The third kappa shape index (κ3) is 3.57. The number of benzene rings is 1. The Morgan fingerprint density at radius 3 is 2.90 bits per heavy atom. The molecule has 3 rings (SSSR count). The Morgan fingerprint density at radius 1 is 1.33 bits per heavy atom. The molecule has 2 aliphatic rings. The SMILES string of the molecule is COc1cccc(C2CC(O)CN2CC2CCNCC2)c1. The van der Waals surface area contributed by atoms with Crippen LogP contribution in [0.1, 0.15) is 30.9 Å². The number of β-amino-alcohol motifs (C(OH)–C–C–N with tert-alkyl or cyclic N) is 1. The summed E-state index contributed by atoms with van der Waals surface area (Å²) in [5, 5.41) is 13.5. The summed E-state index contributed by atoms with van der Waals surface area (Å²) in [7, 11) is 1.70. The lowest BCUT2D eigenvalue weighted by molar-refractivity contribution is 0.157. The second-order valence-corrected chi connectivity index (χ2v) is 6.33. The fourth-order valence-electron chi connectivity index (χ4n) is 3.67. The van der Waals surface area contributed by atoms with E-state index in [0.717, 1.165) is 44.3 Å². The maximum absolute atomic E-state index is 10.1. The van der Waals surface area contributed by atoms with E-state index in [1.807, 2.05) is 12.1 Å². The average molecular weight is 290 g/mol. The molecule has 0 aromatic heterocycles. The first-order valence-corrected chi connectivity index (χ1v) is 8.03. The smallest absolute Gasteiger partial charge is 0.119 e. The summed E-state index contributed by atoms with van der Waals surface area (Å²) in [5.74, 6) is 1.65. The summed E-state index contributed by atoms with van der Waals surface area (Å²) in [6.07, 6.45) is 3.12. The van der Waals surface area contributed by atoms with Crippen LogP contribution in [0.4, 0.5) is 0 Å². The van der Waals surface area contributed by atoms with Crippen LogP contribution in [0.15, 0.2) is 24.3 Å². The number of piperidine rings is 1. The fraction of sp³-hybridized carbons (Fsp3) is 0.647. The zero-order valence-electron chi connectivity index (χ0n) is 12.8. The lowest BCUT2D eigenvalue weighted by Gasteiger charge is -2.31. The highest BCUT2D eigenvalue weighted by molar-refractivity contribution is 5.31. The first-order chi connectivity index (χ1) is 10.3. The Bertz CT molecular complexity index is 460. The molecule has 2 heterocycles. The van der Waals surface area contributed by atoms with Gasteiger partial charge in [0.1, 0.15) is 5.75 Å². The van der Waals surface area contributed by atoms with Crippen molar-refractivity contribution in [1.29, 1.82) is 0 Å². The number of nitrogens with one attached hydrogen (secondary N) is 1. The van der Waals surface area contributed by atoms with E-state index >= 15 is 0 Å². The molecule has 4 heteroatoms. The Labute approximate surface area is 127 Å². The van der Waals surface area contributed by atoms with Gasteiger partial charge in [-0.2, -0.15) is 0 Å². The number of hydrogen-bond acceptors (Lipinski definition) is 4. The van der Waals surface area contributed by atoms with Crippen LogP contribution in [0, 0.1) is 5.92 Å². The maximum atomic E-state index is 10.1. The van der Waals surface area contributed by atoms with Gasteiger partial charge in [0, 0.05) is 19.1 Å². The molecule has 2 saturated heterocycles. The van der Waals surface area contributed by atoms with Crippen LogP contribution in [-0.4, -0.2) is 49.4 Å².